The summed E-state index contributed by atoms with van der Waals surface area (Å²) in [5.74, 6) is -2.22. The van der Waals surface area contributed by atoms with Gasteiger partial charge in [-0.25, -0.2) is 22.3 Å². The van der Waals surface area contributed by atoms with Gasteiger partial charge < -0.3 is 5.32 Å². The van der Waals surface area contributed by atoms with Crippen LogP contribution in [0.2, 0.25) is 0 Å². The largest absolute Gasteiger partial charge is 0.356 e. The first-order chi connectivity index (χ1) is 8.78. The zero-order valence-corrected chi connectivity index (χ0v) is 10.8. The van der Waals surface area contributed by atoms with Gasteiger partial charge in [-0.1, -0.05) is 6.07 Å². The first kappa shape index (κ1) is 15.5. The van der Waals surface area contributed by atoms with Crippen molar-refractivity contribution in [2.45, 2.75) is 12.8 Å². The van der Waals surface area contributed by atoms with Crippen LogP contribution in [-0.2, 0) is 21.2 Å². The van der Waals surface area contributed by atoms with Crippen LogP contribution < -0.4 is 10.5 Å². The molecule has 0 saturated carbocycles. The maximum atomic E-state index is 13.2. The van der Waals surface area contributed by atoms with Crippen molar-refractivity contribution in [1.29, 1.82) is 0 Å². The summed E-state index contributed by atoms with van der Waals surface area (Å²) in [5, 5.41) is 7.21. The summed E-state index contributed by atoms with van der Waals surface area (Å²) in [6.45, 7) is 0.123. The average molecular weight is 292 g/mol. The molecule has 0 radical (unpaired) electrons. The third kappa shape index (κ3) is 6.25. The molecule has 1 rings (SSSR count). The molecule has 0 bridgehead atoms. The lowest BCUT2D eigenvalue weighted by Crippen LogP contribution is -2.28. The number of benzene rings is 1. The Kier molecular flexibility index (Phi) is 5.37. The van der Waals surface area contributed by atoms with E-state index in [1.807, 2.05) is 0 Å². The fraction of sp³-hybridized carbons (Fsp3) is 0.364. The first-order valence-electron chi connectivity index (χ1n) is 5.49. The molecule has 0 unspecified atom stereocenters. The van der Waals surface area contributed by atoms with Crippen LogP contribution in [0.4, 0.5) is 8.78 Å². The zero-order valence-electron chi connectivity index (χ0n) is 10.0. The van der Waals surface area contributed by atoms with E-state index in [2.05, 4.69) is 5.32 Å². The monoisotopic (exact) mass is 292 g/mol. The molecule has 1 aromatic carbocycles. The number of primary sulfonamides is 1. The van der Waals surface area contributed by atoms with E-state index in [4.69, 9.17) is 5.14 Å². The summed E-state index contributed by atoms with van der Waals surface area (Å²) >= 11 is 0. The van der Waals surface area contributed by atoms with Crippen molar-refractivity contribution < 1.29 is 22.0 Å². The fourth-order valence-electron chi connectivity index (χ4n) is 1.40. The fourth-order valence-corrected chi connectivity index (χ4v) is 1.95. The van der Waals surface area contributed by atoms with E-state index in [1.54, 1.807) is 0 Å². The summed E-state index contributed by atoms with van der Waals surface area (Å²) < 4.78 is 47.1. The molecule has 106 valence electrons. The van der Waals surface area contributed by atoms with Crippen LogP contribution in [0.5, 0.6) is 0 Å². The van der Waals surface area contributed by atoms with E-state index in [0.717, 1.165) is 6.07 Å². The Balaban J connectivity index is 2.39. The van der Waals surface area contributed by atoms with Gasteiger partial charge in [-0.05, 0) is 18.1 Å². The molecule has 1 amide bonds. The topological polar surface area (TPSA) is 89.3 Å². The molecule has 8 heteroatoms. The van der Waals surface area contributed by atoms with E-state index in [1.165, 1.54) is 6.07 Å². The smallest absolute Gasteiger partial charge is 0.224 e. The van der Waals surface area contributed by atoms with Crippen molar-refractivity contribution in [3.05, 3.63) is 35.4 Å². The second kappa shape index (κ2) is 6.58. The van der Waals surface area contributed by atoms with Gasteiger partial charge in [0.2, 0.25) is 15.9 Å². The number of halogens is 2. The van der Waals surface area contributed by atoms with Crippen LogP contribution in [0.1, 0.15) is 12.0 Å². The van der Waals surface area contributed by atoms with Crippen LogP contribution >= 0.6 is 0 Å². The van der Waals surface area contributed by atoms with Gasteiger partial charge in [0.05, 0.1) is 12.2 Å². The van der Waals surface area contributed by atoms with Gasteiger partial charge in [0.25, 0.3) is 0 Å². The zero-order chi connectivity index (χ0) is 14.5. The first-order valence-corrected chi connectivity index (χ1v) is 7.20. The number of hydrogen-bond acceptors (Lipinski definition) is 3. The highest BCUT2D eigenvalue weighted by atomic mass is 32.2. The summed E-state index contributed by atoms with van der Waals surface area (Å²) in [6.07, 6.45) is -0.0576. The highest BCUT2D eigenvalue weighted by molar-refractivity contribution is 7.89. The van der Waals surface area contributed by atoms with E-state index >= 15 is 0 Å². The van der Waals surface area contributed by atoms with Crippen molar-refractivity contribution in [3.63, 3.8) is 0 Å². The van der Waals surface area contributed by atoms with Gasteiger partial charge in [-0.2, -0.15) is 0 Å². The Hall–Kier alpha value is -1.54. The minimum absolute atomic E-state index is 0.0744. The Morgan fingerprint density at radius 3 is 2.58 bits per heavy atom. The van der Waals surface area contributed by atoms with Crippen molar-refractivity contribution >= 4 is 15.9 Å². The summed E-state index contributed by atoms with van der Waals surface area (Å²) in [5.41, 5.74) is 0.0744. The predicted molar refractivity (Wildman–Crippen MR) is 65.7 cm³/mol. The molecule has 0 aromatic heterocycles. The normalized spacial score (nSPS) is 11.3. The summed E-state index contributed by atoms with van der Waals surface area (Å²) in [4.78, 5) is 11.4. The molecule has 0 atom stereocenters. The molecule has 0 saturated heterocycles. The summed E-state index contributed by atoms with van der Waals surface area (Å²) in [6, 6.07) is 2.95. The third-order valence-electron chi connectivity index (χ3n) is 2.29. The average Bonchev–Trinajstić information content (AvgIpc) is 2.27. The van der Waals surface area contributed by atoms with E-state index in [0.29, 0.717) is 6.07 Å². The second-order valence-corrected chi connectivity index (χ2v) is 5.72. The van der Waals surface area contributed by atoms with Crippen molar-refractivity contribution in [1.82, 2.24) is 5.32 Å². The molecule has 0 fully saturated rings. The molecule has 0 aliphatic heterocycles. The molecule has 0 aliphatic rings. The van der Waals surface area contributed by atoms with Crippen LogP contribution in [0, 0.1) is 11.6 Å². The van der Waals surface area contributed by atoms with E-state index in [9.17, 15) is 22.0 Å². The number of sulfonamides is 1. The number of carbonyl (C=O) groups excluding carboxylic acids is 1. The lowest BCUT2D eigenvalue weighted by molar-refractivity contribution is -0.120. The Morgan fingerprint density at radius 1 is 1.32 bits per heavy atom. The molecule has 1 aromatic rings. The van der Waals surface area contributed by atoms with Gasteiger partial charge in [-0.15, -0.1) is 0 Å². The molecular formula is C11H14F2N2O3S. The number of nitrogens with two attached hydrogens (primary N) is 1. The molecule has 0 aliphatic carbocycles. The molecule has 0 heterocycles. The van der Waals surface area contributed by atoms with Gasteiger partial charge in [0.1, 0.15) is 11.6 Å². The maximum Gasteiger partial charge on any atom is 0.224 e. The molecule has 0 spiro atoms. The highest BCUT2D eigenvalue weighted by Crippen LogP contribution is 2.09. The van der Waals surface area contributed by atoms with Crippen molar-refractivity contribution in [2.24, 2.45) is 5.14 Å². The Bertz CT molecular complexity index is 561. The van der Waals surface area contributed by atoms with Gasteiger partial charge in [0, 0.05) is 12.6 Å². The minimum atomic E-state index is -3.55. The molecule has 5 nitrogen and oxygen atoms in total. The van der Waals surface area contributed by atoms with E-state index in [-0.39, 0.29) is 30.7 Å². The predicted octanol–water partition coefficient (Wildman–Crippen LogP) is 0.302. The maximum absolute atomic E-state index is 13.2. The van der Waals surface area contributed by atoms with Crippen molar-refractivity contribution in [3.8, 4) is 0 Å². The van der Waals surface area contributed by atoms with Gasteiger partial charge >= 0.3 is 0 Å². The van der Waals surface area contributed by atoms with Crippen molar-refractivity contribution in [2.75, 3.05) is 12.3 Å². The Labute approximate surface area is 109 Å². The highest BCUT2D eigenvalue weighted by Gasteiger charge is 2.09. The number of hydrogen-bond donors (Lipinski definition) is 2. The number of rotatable bonds is 6. The number of carbonyl (C=O) groups is 1. The van der Waals surface area contributed by atoms with Crippen LogP contribution in [-0.4, -0.2) is 26.6 Å². The number of nitrogens with one attached hydrogen (secondary N) is 1. The third-order valence-corrected chi connectivity index (χ3v) is 3.15. The number of amides is 1. The van der Waals surface area contributed by atoms with Gasteiger partial charge in [0.15, 0.2) is 0 Å². The molecule has 3 N–H and O–H groups in total. The van der Waals surface area contributed by atoms with Crippen LogP contribution in [0.3, 0.4) is 0 Å². The standard InChI is InChI=1S/C11H14F2N2O3S/c12-9-3-2-8(10(13)7-9)6-11(16)15-4-1-5-19(14,17)18/h2-3,7H,1,4-6H2,(H,15,16)(H2,14,17,18). The minimum Gasteiger partial charge on any atom is -0.356 e. The SMILES string of the molecule is NS(=O)(=O)CCCNC(=O)Cc1ccc(F)cc1F. The Morgan fingerprint density at radius 2 is 2.00 bits per heavy atom. The molecule has 19 heavy (non-hydrogen) atoms. The molecular weight excluding hydrogens is 278 g/mol. The van der Waals surface area contributed by atoms with Crippen LogP contribution in [0.15, 0.2) is 18.2 Å². The van der Waals surface area contributed by atoms with Gasteiger partial charge in [-0.3, -0.25) is 4.79 Å². The lowest BCUT2D eigenvalue weighted by Gasteiger charge is -2.05. The lowest BCUT2D eigenvalue weighted by atomic mass is 10.1. The van der Waals surface area contributed by atoms with Crippen LogP contribution in [0.25, 0.3) is 0 Å². The second-order valence-electron chi connectivity index (χ2n) is 3.98. The van der Waals surface area contributed by atoms with E-state index < -0.39 is 27.6 Å². The summed E-state index contributed by atoms with van der Waals surface area (Å²) in [7, 11) is -3.55. The quantitative estimate of drug-likeness (QED) is 0.739.